The quantitative estimate of drug-likeness (QED) is 0.745. The maximum absolute atomic E-state index is 12.1. The van der Waals surface area contributed by atoms with E-state index >= 15 is 0 Å². The zero-order valence-electron chi connectivity index (χ0n) is 11.2. The number of fused-ring (bicyclic) bond motifs is 1. The predicted molar refractivity (Wildman–Crippen MR) is 70.9 cm³/mol. The Balaban J connectivity index is 1.59. The first-order valence-corrected chi connectivity index (χ1v) is 6.80. The van der Waals surface area contributed by atoms with Gasteiger partial charge in [0.25, 0.3) is 0 Å². The first kappa shape index (κ1) is 12.4. The van der Waals surface area contributed by atoms with Gasteiger partial charge < -0.3 is 9.47 Å². The SMILES string of the molecule is Cn1ccc(C(=O)CN2CCN3C(=O)CCC3C2)c1. The first-order valence-electron chi connectivity index (χ1n) is 6.80. The van der Waals surface area contributed by atoms with Crippen molar-refractivity contribution in [1.82, 2.24) is 14.4 Å². The van der Waals surface area contributed by atoms with Gasteiger partial charge in [-0.15, -0.1) is 0 Å². The van der Waals surface area contributed by atoms with E-state index in [1.54, 1.807) is 0 Å². The zero-order valence-corrected chi connectivity index (χ0v) is 11.2. The summed E-state index contributed by atoms with van der Waals surface area (Å²) in [5.74, 6) is 0.442. The Morgan fingerprint density at radius 1 is 1.42 bits per heavy atom. The summed E-state index contributed by atoms with van der Waals surface area (Å²) in [6.45, 7) is 2.87. The molecule has 1 atom stereocenters. The highest BCUT2D eigenvalue weighted by Crippen LogP contribution is 2.22. The first-order chi connectivity index (χ1) is 9.13. The van der Waals surface area contributed by atoms with Crippen molar-refractivity contribution in [3.63, 3.8) is 0 Å². The fourth-order valence-electron chi connectivity index (χ4n) is 3.04. The number of hydrogen-bond donors (Lipinski definition) is 0. The third-order valence-corrected chi connectivity index (χ3v) is 4.10. The zero-order chi connectivity index (χ0) is 13.4. The summed E-state index contributed by atoms with van der Waals surface area (Å²) >= 11 is 0. The van der Waals surface area contributed by atoms with Crippen LogP contribution in [0.15, 0.2) is 18.5 Å². The molecular weight excluding hydrogens is 242 g/mol. The van der Waals surface area contributed by atoms with Crippen LogP contribution in [0.2, 0.25) is 0 Å². The van der Waals surface area contributed by atoms with Crippen molar-refractivity contribution >= 4 is 11.7 Å². The molecule has 2 saturated heterocycles. The van der Waals surface area contributed by atoms with E-state index in [4.69, 9.17) is 0 Å². The maximum Gasteiger partial charge on any atom is 0.222 e. The number of ketones is 1. The molecule has 5 heteroatoms. The molecule has 5 nitrogen and oxygen atoms in total. The van der Waals surface area contributed by atoms with E-state index in [2.05, 4.69) is 4.90 Å². The van der Waals surface area contributed by atoms with Gasteiger partial charge in [-0.2, -0.15) is 0 Å². The van der Waals surface area contributed by atoms with Crippen LogP contribution < -0.4 is 0 Å². The largest absolute Gasteiger partial charge is 0.357 e. The van der Waals surface area contributed by atoms with Gasteiger partial charge in [-0.25, -0.2) is 0 Å². The molecule has 0 radical (unpaired) electrons. The number of hydrogen-bond acceptors (Lipinski definition) is 3. The lowest BCUT2D eigenvalue weighted by Crippen LogP contribution is -2.52. The van der Waals surface area contributed by atoms with Crippen molar-refractivity contribution in [2.24, 2.45) is 7.05 Å². The van der Waals surface area contributed by atoms with Crippen molar-refractivity contribution in [3.05, 3.63) is 24.0 Å². The third-order valence-electron chi connectivity index (χ3n) is 4.10. The predicted octanol–water partition coefficient (Wildman–Crippen LogP) is 0.514. The number of carbonyl (C=O) groups is 2. The molecule has 1 unspecified atom stereocenters. The van der Waals surface area contributed by atoms with Gasteiger partial charge in [-0.05, 0) is 12.5 Å². The molecule has 102 valence electrons. The molecule has 19 heavy (non-hydrogen) atoms. The van der Waals surface area contributed by atoms with E-state index in [0.717, 1.165) is 31.6 Å². The molecule has 0 bridgehead atoms. The second-order valence-corrected chi connectivity index (χ2v) is 5.50. The fraction of sp³-hybridized carbons (Fsp3) is 0.571. The molecule has 0 aliphatic carbocycles. The Morgan fingerprint density at radius 3 is 3.00 bits per heavy atom. The van der Waals surface area contributed by atoms with Crippen molar-refractivity contribution < 1.29 is 9.59 Å². The molecule has 2 aliphatic heterocycles. The van der Waals surface area contributed by atoms with E-state index < -0.39 is 0 Å². The van der Waals surface area contributed by atoms with Crippen LogP contribution in [-0.4, -0.2) is 58.3 Å². The summed E-state index contributed by atoms with van der Waals surface area (Å²) in [7, 11) is 1.92. The van der Waals surface area contributed by atoms with Crippen molar-refractivity contribution in [1.29, 1.82) is 0 Å². The molecule has 1 aromatic heterocycles. The van der Waals surface area contributed by atoms with Crippen LogP contribution in [0.5, 0.6) is 0 Å². The molecule has 3 rings (SSSR count). The van der Waals surface area contributed by atoms with E-state index in [9.17, 15) is 9.59 Å². The lowest BCUT2D eigenvalue weighted by atomic mass is 10.1. The summed E-state index contributed by atoms with van der Waals surface area (Å²) in [5.41, 5.74) is 0.771. The lowest BCUT2D eigenvalue weighted by molar-refractivity contribution is -0.130. The van der Waals surface area contributed by atoms with Gasteiger partial charge in [0.15, 0.2) is 5.78 Å². The van der Waals surface area contributed by atoms with Crippen LogP contribution >= 0.6 is 0 Å². The van der Waals surface area contributed by atoms with E-state index in [-0.39, 0.29) is 11.7 Å². The highest BCUT2D eigenvalue weighted by molar-refractivity contribution is 5.97. The highest BCUT2D eigenvalue weighted by Gasteiger charge is 2.35. The fourth-order valence-corrected chi connectivity index (χ4v) is 3.04. The minimum Gasteiger partial charge on any atom is -0.357 e. The number of aryl methyl sites for hydroxylation is 1. The number of piperazine rings is 1. The van der Waals surface area contributed by atoms with Gasteiger partial charge >= 0.3 is 0 Å². The Morgan fingerprint density at radius 2 is 2.26 bits per heavy atom. The Bertz CT molecular complexity index is 509. The second-order valence-electron chi connectivity index (χ2n) is 5.50. The minimum atomic E-state index is 0.165. The Labute approximate surface area is 112 Å². The van der Waals surface area contributed by atoms with Gasteiger partial charge in [0.05, 0.1) is 6.54 Å². The average Bonchev–Trinajstić information content (AvgIpc) is 2.97. The molecule has 2 aliphatic rings. The number of aromatic nitrogens is 1. The summed E-state index contributed by atoms with van der Waals surface area (Å²) < 4.78 is 1.89. The Kier molecular flexibility index (Phi) is 3.14. The van der Waals surface area contributed by atoms with Crippen molar-refractivity contribution in [3.8, 4) is 0 Å². The normalized spacial score (nSPS) is 23.7. The minimum absolute atomic E-state index is 0.165. The van der Waals surface area contributed by atoms with Crippen LogP contribution in [0, 0.1) is 0 Å². The smallest absolute Gasteiger partial charge is 0.222 e. The van der Waals surface area contributed by atoms with Gasteiger partial charge in [-0.3, -0.25) is 14.5 Å². The number of carbonyl (C=O) groups excluding carboxylic acids is 2. The molecule has 0 saturated carbocycles. The molecule has 0 N–H and O–H groups in total. The van der Waals surface area contributed by atoms with Crippen LogP contribution in [-0.2, 0) is 11.8 Å². The summed E-state index contributed by atoms with van der Waals surface area (Å²) in [6.07, 6.45) is 5.36. The summed E-state index contributed by atoms with van der Waals surface area (Å²) in [6, 6.07) is 2.18. The van der Waals surface area contributed by atoms with Gasteiger partial charge in [0, 0.05) is 57.1 Å². The molecule has 1 amide bonds. The topological polar surface area (TPSA) is 45.6 Å². The maximum atomic E-state index is 12.1. The molecule has 0 aromatic carbocycles. The van der Waals surface area contributed by atoms with Crippen molar-refractivity contribution in [2.75, 3.05) is 26.2 Å². The van der Waals surface area contributed by atoms with E-state index in [0.29, 0.717) is 19.0 Å². The van der Waals surface area contributed by atoms with E-state index in [1.165, 1.54) is 0 Å². The Hall–Kier alpha value is -1.62. The number of nitrogens with zero attached hydrogens (tertiary/aromatic N) is 3. The third kappa shape index (κ3) is 2.42. The van der Waals surface area contributed by atoms with Crippen molar-refractivity contribution in [2.45, 2.75) is 18.9 Å². The van der Waals surface area contributed by atoms with Crippen LogP contribution in [0.25, 0.3) is 0 Å². The van der Waals surface area contributed by atoms with Gasteiger partial charge in [0.2, 0.25) is 5.91 Å². The summed E-state index contributed by atoms with van der Waals surface area (Å²) in [4.78, 5) is 27.9. The molecular formula is C14H19N3O2. The number of Topliss-reactive ketones (excluding diaryl/α,β-unsaturated/α-hetero) is 1. The number of amides is 1. The molecule has 0 spiro atoms. The molecule has 3 heterocycles. The average molecular weight is 261 g/mol. The highest BCUT2D eigenvalue weighted by atomic mass is 16.2. The van der Waals surface area contributed by atoms with Gasteiger partial charge in [-0.1, -0.05) is 0 Å². The van der Waals surface area contributed by atoms with Crippen LogP contribution in [0.3, 0.4) is 0 Å². The number of rotatable bonds is 3. The standard InChI is InChI=1S/C14H19N3O2/c1-15-5-4-11(8-15)13(18)10-16-6-7-17-12(9-16)2-3-14(17)19/h4-5,8,12H,2-3,6-7,9-10H2,1H3. The van der Waals surface area contributed by atoms with Crippen LogP contribution in [0.1, 0.15) is 23.2 Å². The summed E-state index contributed by atoms with van der Waals surface area (Å²) in [5, 5.41) is 0. The molecule has 1 aromatic rings. The van der Waals surface area contributed by atoms with E-state index in [1.807, 2.05) is 35.0 Å². The molecule has 2 fully saturated rings. The van der Waals surface area contributed by atoms with Gasteiger partial charge in [0.1, 0.15) is 0 Å². The van der Waals surface area contributed by atoms with Crippen LogP contribution in [0.4, 0.5) is 0 Å². The lowest BCUT2D eigenvalue weighted by Gasteiger charge is -2.37. The monoisotopic (exact) mass is 261 g/mol. The second kappa shape index (κ2) is 4.81.